The van der Waals surface area contributed by atoms with Gasteiger partial charge in [0.1, 0.15) is 12.4 Å². The van der Waals surface area contributed by atoms with E-state index in [0.717, 1.165) is 12.2 Å². The molecule has 3 rings (SSSR count). The molecule has 1 fully saturated rings. The lowest BCUT2D eigenvalue weighted by Gasteiger charge is -2.24. The van der Waals surface area contributed by atoms with Crippen LogP contribution in [-0.2, 0) is 4.74 Å². The summed E-state index contributed by atoms with van der Waals surface area (Å²) in [6, 6.07) is 4.68. The van der Waals surface area contributed by atoms with Gasteiger partial charge in [-0.05, 0) is 25.1 Å². The van der Waals surface area contributed by atoms with Crippen LogP contribution in [0.4, 0.5) is 16.3 Å². The van der Waals surface area contributed by atoms with E-state index in [1.54, 1.807) is 24.4 Å². The predicted molar refractivity (Wildman–Crippen MR) is 99.0 cm³/mol. The monoisotopic (exact) mass is 377 g/mol. The number of amides is 2. The van der Waals surface area contributed by atoms with E-state index >= 15 is 0 Å². The molecule has 2 amide bonds. The molecule has 8 nitrogen and oxygen atoms in total. The highest BCUT2D eigenvalue weighted by molar-refractivity contribution is 6.31. The topological polar surface area (TPSA) is 97.4 Å². The molecule has 1 aliphatic heterocycles. The highest BCUT2D eigenvalue weighted by Crippen LogP contribution is 2.28. The smallest absolute Gasteiger partial charge is 0.325 e. The molecule has 26 heavy (non-hydrogen) atoms. The Hall–Kier alpha value is -2.42. The summed E-state index contributed by atoms with van der Waals surface area (Å²) in [5.74, 6) is 0.869. The number of hydrogen-bond acceptors (Lipinski definition) is 6. The number of halogens is 1. The second-order valence-electron chi connectivity index (χ2n) is 5.80. The van der Waals surface area contributed by atoms with Crippen molar-refractivity contribution in [3.8, 4) is 5.75 Å². The summed E-state index contributed by atoms with van der Waals surface area (Å²) in [4.78, 5) is 20.4. The molecule has 0 spiro atoms. The lowest BCUT2D eigenvalue weighted by atomic mass is 10.2. The Bertz CT molecular complexity index is 751. The molecule has 0 bridgehead atoms. The third-order valence-electron chi connectivity index (χ3n) is 3.65. The third-order valence-corrected chi connectivity index (χ3v) is 3.89. The molecule has 1 atom stereocenters. The van der Waals surface area contributed by atoms with Crippen molar-refractivity contribution >= 4 is 29.1 Å². The second-order valence-corrected chi connectivity index (χ2v) is 6.24. The quantitative estimate of drug-likeness (QED) is 0.740. The van der Waals surface area contributed by atoms with Gasteiger partial charge in [0.25, 0.3) is 0 Å². The molecule has 1 saturated heterocycles. The largest absolute Gasteiger partial charge is 0.490 e. The molecule has 2 aromatic rings. The van der Waals surface area contributed by atoms with E-state index in [1.165, 1.54) is 6.20 Å². The predicted octanol–water partition coefficient (Wildman–Crippen LogP) is 2.45. The lowest BCUT2D eigenvalue weighted by molar-refractivity contribution is 0.0594. The Kier molecular flexibility index (Phi) is 6.21. The van der Waals surface area contributed by atoms with Gasteiger partial charge in [0.05, 0.1) is 43.0 Å². The first-order chi connectivity index (χ1) is 12.6. The average Bonchev–Trinajstić information content (AvgIpc) is 2.64. The van der Waals surface area contributed by atoms with Crippen molar-refractivity contribution in [2.24, 2.45) is 0 Å². The number of nitrogens with one attached hydrogen (secondary N) is 3. The molecule has 138 valence electrons. The zero-order chi connectivity index (χ0) is 18.4. The SMILES string of the molecule is Cc1cnc(NC(=O)Nc2cc(Cl)ccc2OC[C@@H]2COCCN2)cn1. The Morgan fingerprint density at radius 3 is 3.00 bits per heavy atom. The van der Waals surface area contributed by atoms with Crippen molar-refractivity contribution in [3.63, 3.8) is 0 Å². The normalized spacial score (nSPS) is 16.8. The van der Waals surface area contributed by atoms with E-state index in [2.05, 4.69) is 25.9 Å². The fourth-order valence-corrected chi connectivity index (χ4v) is 2.54. The number of carbonyl (C=O) groups is 1. The summed E-state index contributed by atoms with van der Waals surface area (Å²) in [5.41, 5.74) is 1.23. The number of aryl methyl sites for hydroxylation is 1. The summed E-state index contributed by atoms with van der Waals surface area (Å²) in [6.07, 6.45) is 3.06. The van der Waals surface area contributed by atoms with E-state index in [0.29, 0.717) is 42.1 Å². The fraction of sp³-hybridized carbons (Fsp3) is 0.353. The van der Waals surface area contributed by atoms with Gasteiger partial charge in [0.2, 0.25) is 0 Å². The number of urea groups is 1. The highest BCUT2D eigenvalue weighted by atomic mass is 35.5. The number of rotatable bonds is 5. The number of nitrogens with zero attached hydrogens (tertiary/aromatic N) is 2. The molecule has 1 aromatic heterocycles. The molecule has 0 aliphatic carbocycles. The van der Waals surface area contributed by atoms with Crippen LogP contribution >= 0.6 is 11.6 Å². The van der Waals surface area contributed by atoms with Gasteiger partial charge in [0.15, 0.2) is 5.82 Å². The van der Waals surface area contributed by atoms with Gasteiger partial charge in [-0.3, -0.25) is 10.3 Å². The van der Waals surface area contributed by atoms with Crippen LogP contribution in [0.25, 0.3) is 0 Å². The van der Waals surface area contributed by atoms with Crippen molar-refractivity contribution in [1.82, 2.24) is 15.3 Å². The number of aromatic nitrogens is 2. The van der Waals surface area contributed by atoms with Crippen LogP contribution in [0, 0.1) is 6.92 Å². The minimum atomic E-state index is -0.464. The summed E-state index contributed by atoms with van der Waals surface area (Å²) in [7, 11) is 0. The van der Waals surface area contributed by atoms with Gasteiger partial charge < -0.3 is 20.1 Å². The summed E-state index contributed by atoms with van der Waals surface area (Å²) in [6.45, 7) is 4.31. The highest BCUT2D eigenvalue weighted by Gasteiger charge is 2.15. The van der Waals surface area contributed by atoms with Crippen LogP contribution in [0.15, 0.2) is 30.6 Å². The van der Waals surface area contributed by atoms with Crippen molar-refractivity contribution < 1.29 is 14.3 Å². The standard InChI is InChI=1S/C17H20ClN5O3/c1-11-7-21-16(8-20-11)23-17(24)22-14-6-12(18)2-3-15(14)26-10-13-9-25-5-4-19-13/h2-3,6-8,13,19H,4-5,9-10H2,1H3,(H2,21,22,23,24)/t13-/m0/s1. The Morgan fingerprint density at radius 1 is 1.38 bits per heavy atom. The molecular weight excluding hydrogens is 358 g/mol. The van der Waals surface area contributed by atoms with Gasteiger partial charge in [-0.2, -0.15) is 0 Å². The van der Waals surface area contributed by atoms with E-state index in [9.17, 15) is 4.79 Å². The van der Waals surface area contributed by atoms with Crippen LogP contribution in [0.5, 0.6) is 5.75 Å². The van der Waals surface area contributed by atoms with Crippen LogP contribution in [0.1, 0.15) is 5.69 Å². The fourth-order valence-electron chi connectivity index (χ4n) is 2.37. The van der Waals surface area contributed by atoms with Gasteiger partial charge in [-0.15, -0.1) is 0 Å². The number of hydrogen-bond donors (Lipinski definition) is 3. The van der Waals surface area contributed by atoms with E-state index in [4.69, 9.17) is 21.1 Å². The summed E-state index contributed by atoms with van der Waals surface area (Å²) < 4.78 is 11.2. The summed E-state index contributed by atoms with van der Waals surface area (Å²) >= 11 is 6.04. The first-order valence-corrected chi connectivity index (χ1v) is 8.58. The molecule has 9 heteroatoms. The van der Waals surface area contributed by atoms with E-state index in [-0.39, 0.29) is 6.04 Å². The molecule has 1 aromatic carbocycles. The maximum atomic E-state index is 12.2. The van der Waals surface area contributed by atoms with Crippen LogP contribution < -0.4 is 20.7 Å². The molecule has 0 radical (unpaired) electrons. The Balaban J connectivity index is 1.62. The third kappa shape index (κ3) is 5.29. The van der Waals surface area contributed by atoms with Crippen molar-refractivity contribution in [2.45, 2.75) is 13.0 Å². The molecule has 0 unspecified atom stereocenters. The average molecular weight is 378 g/mol. The van der Waals surface area contributed by atoms with E-state index < -0.39 is 6.03 Å². The van der Waals surface area contributed by atoms with Crippen LogP contribution in [-0.4, -0.2) is 48.4 Å². The molecule has 2 heterocycles. The molecule has 1 aliphatic rings. The molecule has 0 saturated carbocycles. The van der Waals surface area contributed by atoms with Crippen LogP contribution in [0.3, 0.4) is 0 Å². The van der Waals surface area contributed by atoms with Crippen molar-refractivity contribution in [1.29, 1.82) is 0 Å². The minimum absolute atomic E-state index is 0.101. The number of carbonyl (C=O) groups excluding carboxylic acids is 1. The van der Waals surface area contributed by atoms with Gasteiger partial charge in [0, 0.05) is 11.6 Å². The van der Waals surface area contributed by atoms with Gasteiger partial charge in [-0.1, -0.05) is 11.6 Å². The minimum Gasteiger partial charge on any atom is -0.490 e. The van der Waals surface area contributed by atoms with Crippen molar-refractivity contribution in [2.75, 3.05) is 37.0 Å². The first kappa shape index (κ1) is 18.4. The molecule has 3 N–H and O–H groups in total. The van der Waals surface area contributed by atoms with Gasteiger partial charge >= 0.3 is 6.03 Å². The maximum Gasteiger partial charge on any atom is 0.325 e. The first-order valence-electron chi connectivity index (χ1n) is 8.20. The Labute approximate surface area is 156 Å². The summed E-state index contributed by atoms with van der Waals surface area (Å²) in [5, 5.41) is 9.13. The lowest BCUT2D eigenvalue weighted by Crippen LogP contribution is -2.44. The number of morpholine rings is 1. The van der Waals surface area contributed by atoms with Crippen molar-refractivity contribution in [3.05, 3.63) is 41.3 Å². The Morgan fingerprint density at radius 2 is 2.27 bits per heavy atom. The number of benzene rings is 1. The number of ether oxygens (including phenoxy) is 2. The van der Waals surface area contributed by atoms with E-state index in [1.807, 2.05) is 6.92 Å². The second kappa shape index (κ2) is 8.79. The van der Waals surface area contributed by atoms with Crippen LogP contribution in [0.2, 0.25) is 5.02 Å². The number of anilines is 2. The zero-order valence-corrected chi connectivity index (χ0v) is 15.0. The zero-order valence-electron chi connectivity index (χ0n) is 14.3. The maximum absolute atomic E-state index is 12.2. The van der Waals surface area contributed by atoms with Gasteiger partial charge in [-0.25, -0.2) is 9.78 Å². The molecular formula is C17H20ClN5O3.